The van der Waals surface area contributed by atoms with E-state index in [4.69, 9.17) is 10.7 Å². The first-order chi connectivity index (χ1) is 17.0. The number of aromatic nitrogens is 2. The predicted molar refractivity (Wildman–Crippen MR) is 141 cm³/mol. The number of nitrogens with one attached hydrogen (secondary N) is 1. The number of carbonyl (C=O) groups is 2. The minimum atomic E-state index is -0.511. The lowest BCUT2D eigenvalue weighted by Gasteiger charge is -2.12. The van der Waals surface area contributed by atoms with Gasteiger partial charge in [0.2, 0.25) is 5.91 Å². The molecule has 0 radical (unpaired) electrons. The number of hydrogen-bond donors (Lipinski definition) is 2. The lowest BCUT2D eigenvalue weighted by Crippen LogP contribution is -2.23. The Kier molecular flexibility index (Phi) is 5.74. The molecular formula is C25H22N4O3S3. The number of para-hydroxylation sites is 1. The molecule has 1 aromatic carbocycles. The van der Waals surface area contributed by atoms with Gasteiger partial charge in [-0.15, -0.1) is 22.7 Å². The summed E-state index contributed by atoms with van der Waals surface area (Å²) >= 11 is 4.24. The highest BCUT2D eigenvalue weighted by Crippen LogP contribution is 2.39. The first kappa shape index (κ1) is 22.5. The first-order valence-electron chi connectivity index (χ1n) is 11.5. The highest BCUT2D eigenvalue weighted by molar-refractivity contribution is 7.99. The van der Waals surface area contributed by atoms with Gasteiger partial charge in [-0.05, 0) is 61.8 Å². The molecule has 0 aliphatic heterocycles. The zero-order chi connectivity index (χ0) is 24.1. The third-order valence-electron chi connectivity index (χ3n) is 6.48. The Labute approximate surface area is 213 Å². The predicted octanol–water partition coefficient (Wildman–Crippen LogP) is 4.32. The van der Waals surface area contributed by atoms with Gasteiger partial charge in [-0.3, -0.25) is 19.0 Å². The number of rotatable bonds is 6. The van der Waals surface area contributed by atoms with Crippen molar-refractivity contribution in [3.05, 3.63) is 67.1 Å². The van der Waals surface area contributed by atoms with Gasteiger partial charge in [0.25, 0.3) is 11.5 Å². The fraction of sp³-hybridized carbons (Fsp3) is 0.280. The molecule has 0 bridgehead atoms. The Hall–Kier alpha value is -2.95. The van der Waals surface area contributed by atoms with Crippen molar-refractivity contribution < 1.29 is 9.59 Å². The first-order valence-corrected chi connectivity index (χ1v) is 14.1. The zero-order valence-electron chi connectivity index (χ0n) is 18.8. The van der Waals surface area contributed by atoms with E-state index in [0.717, 1.165) is 65.0 Å². The average Bonchev–Trinajstić information content (AvgIpc) is 3.59. The van der Waals surface area contributed by atoms with Crippen LogP contribution in [-0.2, 0) is 30.5 Å². The monoisotopic (exact) mass is 522 g/mol. The Morgan fingerprint density at radius 3 is 2.49 bits per heavy atom. The second-order valence-electron chi connectivity index (χ2n) is 8.67. The molecule has 3 N–H and O–H groups in total. The van der Waals surface area contributed by atoms with Crippen LogP contribution < -0.4 is 16.6 Å². The van der Waals surface area contributed by atoms with Gasteiger partial charge in [-0.2, -0.15) is 0 Å². The van der Waals surface area contributed by atoms with Crippen molar-refractivity contribution in [3.8, 4) is 5.69 Å². The third kappa shape index (κ3) is 3.89. The minimum Gasteiger partial charge on any atom is -0.365 e. The molecule has 0 saturated carbocycles. The fourth-order valence-corrected chi connectivity index (χ4v) is 8.40. The second kappa shape index (κ2) is 8.92. The van der Waals surface area contributed by atoms with Crippen molar-refractivity contribution in [1.82, 2.24) is 9.55 Å². The van der Waals surface area contributed by atoms with E-state index in [1.807, 2.05) is 30.3 Å². The number of benzene rings is 1. The van der Waals surface area contributed by atoms with Crippen molar-refractivity contribution >= 4 is 61.5 Å². The normalized spacial score (nSPS) is 14.3. The van der Waals surface area contributed by atoms with E-state index in [1.165, 1.54) is 28.0 Å². The summed E-state index contributed by atoms with van der Waals surface area (Å²) in [6.45, 7) is 0. The average molecular weight is 523 g/mol. The van der Waals surface area contributed by atoms with Gasteiger partial charge in [0, 0.05) is 9.75 Å². The number of fused-ring (bicyclic) bond motifs is 4. The lowest BCUT2D eigenvalue weighted by atomic mass is 10.1. The molecule has 3 heterocycles. The summed E-state index contributed by atoms with van der Waals surface area (Å²) < 4.78 is 1.61. The molecule has 178 valence electrons. The number of thiophene rings is 2. The van der Waals surface area contributed by atoms with Crippen LogP contribution in [-0.4, -0.2) is 27.1 Å². The highest BCUT2D eigenvalue weighted by Gasteiger charge is 2.27. The van der Waals surface area contributed by atoms with Crippen LogP contribution >= 0.6 is 34.4 Å². The molecule has 3 aromatic heterocycles. The summed E-state index contributed by atoms with van der Waals surface area (Å²) in [5.41, 5.74) is 8.80. The Balaban J connectivity index is 1.32. The molecule has 6 rings (SSSR count). The quantitative estimate of drug-likeness (QED) is 0.290. The van der Waals surface area contributed by atoms with E-state index in [2.05, 4.69) is 5.32 Å². The summed E-state index contributed by atoms with van der Waals surface area (Å²) in [5.74, 6) is -0.723. The van der Waals surface area contributed by atoms with E-state index < -0.39 is 5.91 Å². The summed E-state index contributed by atoms with van der Waals surface area (Å²) in [4.78, 5) is 46.6. The van der Waals surface area contributed by atoms with Crippen molar-refractivity contribution in [2.75, 3.05) is 11.1 Å². The largest absolute Gasteiger partial charge is 0.365 e. The Morgan fingerprint density at radius 1 is 1.03 bits per heavy atom. The second-order valence-corrected chi connectivity index (χ2v) is 11.8. The maximum absolute atomic E-state index is 13.7. The van der Waals surface area contributed by atoms with Crippen LogP contribution in [0.3, 0.4) is 0 Å². The van der Waals surface area contributed by atoms with Gasteiger partial charge >= 0.3 is 0 Å². The zero-order valence-corrected chi connectivity index (χ0v) is 21.2. The number of hydrogen-bond acceptors (Lipinski definition) is 7. The fourth-order valence-electron chi connectivity index (χ4n) is 4.97. The van der Waals surface area contributed by atoms with Crippen molar-refractivity contribution in [3.63, 3.8) is 0 Å². The van der Waals surface area contributed by atoms with Crippen LogP contribution in [0, 0.1) is 0 Å². The van der Waals surface area contributed by atoms with Crippen molar-refractivity contribution in [1.29, 1.82) is 0 Å². The van der Waals surface area contributed by atoms with E-state index >= 15 is 0 Å². The highest BCUT2D eigenvalue weighted by atomic mass is 32.2. The van der Waals surface area contributed by atoms with Gasteiger partial charge in [0.05, 0.1) is 22.4 Å². The van der Waals surface area contributed by atoms with Crippen LogP contribution in [0.2, 0.25) is 0 Å². The molecule has 0 saturated heterocycles. The number of aryl methyl sites for hydroxylation is 3. The number of amides is 2. The lowest BCUT2D eigenvalue weighted by molar-refractivity contribution is -0.113. The van der Waals surface area contributed by atoms with Gasteiger partial charge in [0.15, 0.2) is 5.16 Å². The van der Waals surface area contributed by atoms with Crippen LogP contribution in [0.4, 0.5) is 5.00 Å². The smallest absolute Gasteiger partial charge is 0.267 e. The number of thioether (sulfide) groups is 1. The summed E-state index contributed by atoms with van der Waals surface area (Å²) in [6, 6.07) is 9.41. The van der Waals surface area contributed by atoms with E-state index in [-0.39, 0.29) is 17.2 Å². The standard InChI is InChI=1S/C25H22N4O3S3/c26-21(31)19-14-8-4-10-16(14)34-22(19)27-18(30)12-33-25-28-23-20(15-9-5-11-17(15)35-23)24(32)29(25)13-6-2-1-3-7-13/h1-3,6-7H,4-5,8-12H2,(H2,26,31)(H,27,30). The molecule has 0 fully saturated rings. The SMILES string of the molecule is NC(=O)c1c(NC(=O)CSc2nc3sc4c(c3c(=O)n2-c2ccccc2)CCC4)sc2c1CCC2. The number of nitrogens with zero attached hydrogens (tertiary/aromatic N) is 2. The summed E-state index contributed by atoms with van der Waals surface area (Å²) in [5, 5.41) is 4.59. The maximum atomic E-state index is 13.7. The van der Waals surface area contributed by atoms with E-state index in [1.54, 1.807) is 15.9 Å². The van der Waals surface area contributed by atoms with Crippen LogP contribution in [0.25, 0.3) is 15.9 Å². The molecule has 10 heteroatoms. The molecule has 0 spiro atoms. The third-order valence-corrected chi connectivity index (χ3v) is 9.81. The van der Waals surface area contributed by atoms with Gasteiger partial charge in [-0.1, -0.05) is 30.0 Å². The molecule has 2 amide bonds. The number of anilines is 1. The molecule has 35 heavy (non-hydrogen) atoms. The molecule has 2 aliphatic rings. The topological polar surface area (TPSA) is 107 Å². The van der Waals surface area contributed by atoms with E-state index in [9.17, 15) is 14.4 Å². The molecule has 2 aliphatic carbocycles. The molecular weight excluding hydrogens is 501 g/mol. The van der Waals surface area contributed by atoms with Crippen molar-refractivity contribution in [2.45, 2.75) is 43.7 Å². The molecule has 7 nitrogen and oxygen atoms in total. The molecule has 0 unspecified atom stereocenters. The van der Waals surface area contributed by atoms with Crippen LogP contribution in [0.5, 0.6) is 0 Å². The number of carbonyl (C=O) groups excluding carboxylic acids is 2. The van der Waals surface area contributed by atoms with Crippen LogP contribution in [0.15, 0.2) is 40.3 Å². The summed E-state index contributed by atoms with van der Waals surface area (Å²) in [7, 11) is 0. The maximum Gasteiger partial charge on any atom is 0.267 e. The van der Waals surface area contributed by atoms with Gasteiger partial charge in [0.1, 0.15) is 9.83 Å². The van der Waals surface area contributed by atoms with E-state index in [0.29, 0.717) is 21.1 Å². The number of nitrogens with two attached hydrogens (primary N) is 1. The van der Waals surface area contributed by atoms with Gasteiger partial charge in [-0.25, -0.2) is 4.98 Å². The minimum absolute atomic E-state index is 0.0522. The molecule has 0 atom stereocenters. The Morgan fingerprint density at radius 2 is 1.74 bits per heavy atom. The number of primary amides is 1. The molecule has 4 aromatic rings. The summed E-state index contributed by atoms with van der Waals surface area (Å²) in [6.07, 6.45) is 5.68. The van der Waals surface area contributed by atoms with Crippen LogP contribution in [0.1, 0.15) is 44.1 Å². The van der Waals surface area contributed by atoms with Crippen molar-refractivity contribution in [2.24, 2.45) is 5.73 Å². The van der Waals surface area contributed by atoms with Gasteiger partial charge < -0.3 is 11.1 Å². The Bertz CT molecular complexity index is 1550.